The lowest BCUT2D eigenvalue weighted by Crippen LogP contribution is -2.01. The highest BCUT2D eigenvalue weighted by Crippen LogP contribution is 2.18. The van der Waals surface area contributed by atoms with Gasteiger partial charge in [-0.05, 0) is 30.3 Å². The van der Waals surface area contributed by atoms with E-state index in [1.807, 2.05) is 36.4 Å². The summed E-state index contributed by atoms with van der Waals surface area (Å²) < 4.78 is 18.1. The number of ether oxygens (including phenoxy) is 1. The van der Waals surface area contributed by atoms with Crippen molar-refractivity contribution >= 4 is 34.5 Å². The van der Waals surface area contributed by atoms with E-state index in [-0.39, 0.29) is 11.6 Å². The molecule has 120 valence electrons. The van der Waals surface area contributed by atoms with E-state index in [1.54, 1.807) is 6.08 Å². The highest BCUT2D eigenvalue weighted by atomic mass is 35.5. The molecule has 0 spiro atoms. The van der Waals surface area contributed by atoms with Crippen LogP contribution in [0.5, 0.6) is 0 Å². The Morgan fingerprint density at radius 3 is 2.83 bits per heavy atom. The normalized spacial score (nSPS) is 11.1. The lowest BCUT2D eigenvalue weighted by molar-refractivity contribution is -0.138. The Hall–Kier alpha value is -2.72. The number of pyridine rings is 1. The standard InChI is InChI=1S/C19H13ClFNO2/c20-17-11-15(21)7-5-14(17)12-24-19(23)10-9-16-8-6-13-3-1-2-4-18(13)22-16/h1-11H,12H2/b10-9+. The Balaban J connectivity index is 1.63. The van der Waals surface area contributed by atoms with Gasteiger partial charge in [-0.3, -0.25) is 0 Å². The molecule has 0 unspecified atom stereocenters. The summed E-state index contributed by atoms with van der Waals surface area (Å²) >= 11 is 5.88. The van der Waals surface area contributed by atoms with Crippen LogP contribution in [0.25, 0.3) is 17.0 Å². The number of rotatable bonds is 4. The number of carbonyl (C=O) groups is 1. The molecule has 1 heterocycles. The molecule has 3 nitrogen and oxygen atoms in total. The predicted molar refractivity (Wildman–Crippen MR) is 92.0 cm³/mol. The van der Waals surface area contributed by atoms with E-state index in [9.17, 15) is 9.18 Å². The smallest absolute Gasteiger partial charge is 0.331 e. The fourth-order valence-electron chi connectivity index (χ4n) is 2.16. The summed E-state index contributed by atoms with van der Waals surface area (Å²) in [6, 6.07) is 15.4. The minimum Gasteiger partial charge on any atom is -0.458 e. The van der Waals surface area contributed by atoms with Gasteiger partial charge in [-0.25, -0.2) is 14.2 Å². The van der Waals surface area contributed by atoms with Crippen LogP contribution in [0.2, 0.25) is 5.02 Å². The summed E-state index contributed by atoms with van der Waals surface area (Å²) in [5.41, 5.74) is 2.06. The molecule has 24 heavy (non-hydrogen) atoms. The monoisotopic (exact) mass is 341 g/mol. The zero-order valence-corrected chi connectivity index (χ0v) is 13.3. The molecule has 0 radical (unpaired) electrons. The number of carbonyl (C=O) groups excluding carboxylic acids is 1. The highest BCUT2D eigenvalue weighted by Gasteiger charge is 2.05. The minimum atomic E-state index is -0.523. The lowest BCUT2D eigenvalue weighted by atomic mass is 10.2. The fourth-order valence-corrected chi connectivity index (χ4v) is 2.39. The van der Waals surface area contributed by atoms with Crippen molar-refractivity contribution < 1.29 is 13.9 Å². The van der Waals surface area contributed by atoms with Gasteiger partial charge in [-0.2, -0.15) is 0 Å². The first-order valence-electron chi connectivity index (χ1n) is 7.26. The van der Waals surface area contributed by atoms with Crippen molar-refractivity contribution in [3.05, 3.63) is 82.8 Å². The second-order valence-corrected chi connectivity index (χ2v) is 5.51. The second kappa shape index (κ2) is 7.23. The Labute approximate surface area is 143 Å². The van der Waals surface area contributed by atoms with Crippen LogP contribution in [0.4, 0.5) is 4.39 Å². The van der Waals surface area contributed by atoms with E-state index in [0.29, 0.717) is 11.3 Å². The van der Waals surface area contributed by atoms with Crippen molar-refractivity contribution in [2.24, 2.45) is 0 Å². The highest BCUT2D eigenvalue weighted by molar-refractivity contribution is 6.31. The van der Waals surface area contributed by atoms with Crippen molar-refractivity contribution in [1.82, 2.24) is 4.98 Å². The first-order chi connectivity index (χ1) is 11.6. The van der Waals surface area contributed by atoms with Crippen LogP contribution in [0.3, 0.4) is 0 Å². The van der Waals surface area contributed by atoms with E-state index in [4.69, 9.17) is 16.3 Å². The number of para-hydroxylation sites is 1. The number of benzene rings is 2. The maximum atomic E-state index is 13.0. The van der Waals surface area contributed by atoms with E-state index < -0.39 is 11.8 Å². The van der Waals surface area contributed by atoms with Crippen LogP contribution in [-0.4, -0.2) is 11.0 Å². The number of hydrogen-bond donors (Lipinski definition) is 0. The van der Waals surface area contributed by atoms with Gasteiger partial charge in [0.2, 0.25) is 0 Å². The Bertz CT molecular complexity index is 924. The minimum absolute atomic E-state index is 0.0204. The number of esters is 1. The largest absolute Gasteiger partial charge is 0.458 e. The molecule has 0 saturated carbocycles. The molecular formula is C19H13ClFNO2. The van der Waals surface area contributed by atoms with Gasteiger partial charge in [0.25, 0.3) is 0 Å². The molecule has 0 N–H and O–H groups in total. The van der Waals surface area contributed by atoms with Crippen LogP contribution in [0, 0.1) is 5.82 Å². The number of nitrogens with zero attached hydrogens (tertiary/aromatic N) is 1. The molecule has 5 heteroatoms. The Kier molecular flexibility index (Phi) is 4.87. The molecule has 0 amide bonds. The third kappa shape index (κ3) is 3.97. The van der Waals surface area contributed by atoms with E-state index in [1.165, 1.54) is 24.3 Å². The van der Waals surface area contributed by atoms with Gasteiger partial charge in [0.15, 0.2) is 0 Å². The van der Waals surface area contributed by atoms with E-state index in [0.717, 1.165) is 10.9 Å². The van der Waals surface area contributed by atoms with E-state index in [2.05, 4.69) is 4.98 Å². The quantitative estimate of drug-likeness (QED) is 0.506. The molecule has 0 fully saturated rings. The average Bonchev–Trinajstić information content (AvgIpc) is 2.59. The summed E-state index contributed by atoms with van der Waals surface area (Å²) in [4.78, 5) is 16.2. The van der Waals surface area contributed by atoms with Crippen LogP contribution >= 0.6 is 11.6 Å². The molecular weight excluding hydrogens is 329 g/mol. The molecule has 2 aromatic carbocycles. The fraction of sp³-hybridized carbons (Fsp3) is 0.0526. The predicted octanol–water partition coefficient (Wildman–Crippen LogP) is 4.78. The first kappa shape index (κ1) is 16.1. The van der Waals surface area contributed by atoms with Crippen molar-refractivity contribution in [2.75, 3.05) is 0 Å². The van der Waals surface area contributed by atoms with Gasteiger partial charge in [0, 0.05) is 17.0 Å². The van der Waals surface area contributed by atoms with Crippen molar-refractivity contribution in [1.29, 1.82) is 0 Å². The molecule has 0 atom stereocenters. The third-order valence-corrected chi connectivity index (χ3v) is 3.75. The molecule has 0 aliphatic carbocycles. The molecule has 0 aliphatic rings. The zero-order chi connectivity index (χ0) is 16.9. The molecule has 1 aromatic heterocycles. The SMILES string of the molecule is O=C(/C=C/c1ccc2ccccc2n1)OCc1ccc(F)cc1Cl. The zero-order valence-electron chi connectivity index (χ0n) is 12.6. The summed E-state index contributed by atoms with van der Waals surface area (Å²) in [5.74, 6) is -0.956. The van der Waals surface area contributed by atoms with Gasteiger partial charge in [0.05, 0.1) is 16.2 Å². The maximum Gasteiger partial charge on any atom is 0.331 e. The topological polar surface area (TPSA) is 39.2 Å². The van der Waals surface area contributed by atoms with Crippen LogP contribution in [0.1, 0.15) is 11.3 Å². The Morgan fingerprint density at radius 2 is 2.00 bits per heavy atom. The number of aromatic nitrogens is 1. The summed E-state index contributed by atoms with van der Waals surface area (Å²) in [6.07, 6.45) is 2.88. The number of halogens is 2. The van der Waals surface area contributed by atoms with Gasteiger partial charge >= 0.3 is 5.97 Å². The first-order valence-corrected chi connectivity index (χ1v) is 7.64. The van der Waals surface area contributed by atoms with Crippen LogP contribution in [0.15, 0.2) is 60.7 Å². The summed E-state index contributed by atoms with van der Waals surface area (Å²) in [5, 5.41) is 1.26. The van der Waals surface area contributed by atoms with Crippen molar-refractivity contribution in [3.8, 4) is 0 Å². The van der Waals surface area contributed by atoms with Crippen molar-refractivity contribution in [2.45, 2.75) is 6.61 Å². The van der Waals surface area contributed by atoms with Gasteiger partial charge in [0.1, 0.15) is 12.4 Å². The Morgan fingerprint density at radius 1 is 1.17 bits per heavy atom. The lowest BCUT2D eigenvalue weighted by Gasteiger charge is -2.04. The summed E-state index contributed by atoms with van der Waals surface area (Å²) in [7, 11) is 0. The molecule has 0 aliphatic heterocycles. The van der Waals surface area contributed by atoms with Crippen LogP contribution < -0.4 is 0 Å². The molecule has 3 rings (SSSR count). The molecule has 0 saturated heterocycles. The summed E-state index contributed by atoms with van der Waals surface area (Å²) in [6.45, 7) is -0.0204. The van der Waals surface area contributed by atoms with Crippen LogP contribution in [-0.2, 0) is 16.1 Å². The third-order valence-electron chi connectivity index (χ3n) is 3.40. The molecule has 3 aromatic rings. The number of hydrogen-bond acceptors (Lipinski definition) is 3. The van der Waals surface area contributed by atoms with Gasteiger partial charge in [-0.15, -0.1) is 0 Å². The second-order valence-electron chi connectivity index (χ2n) is 5.11. The number of fused-ring (bicyclic) bond motifs is 1. The molecule has 0 bridgehead atoms. The van der Waals surface area contributed by atoms with Crippen molar-refractivity contribution in [3.63, 3.8) is 0 Å². The van der Waals surface area contributed by atoms with Gasteiger partial charge < -0.3 is 4.74 Å². The van der Waals surface area contributed by atoms with E-state index >= 15 is 0 Å². The maximum absolute atomic E-state index is 13.0. The van der Waals surface area contributed by atoms with Gasteiger partial charge in [-0.1, -0.05) is 41.9 Å². The average molecular weight is 342 g/mol.